The third-order valence-corrected chi connectivity index (χ3v) is 3.33. The second kappa shape index (κ2) is 6.30. The summed E-state index contributed by atoms with van der Waals surface area (Å²) < 4.78 is 76.8. The number of allylic oxidation sites excluding steroid dienone is 1. The lowest BCUT2D eigenvalue weighted by Crippen LogP contribution is -2.21. The van der Waals surface area contributed by atoms with Gasteiger partial charge in [-0.1, -0.05) is 0 Å². The highest BCUT2D eigenvalue weighted by atomic mass is 19.4. The lowest BCUT2D eigenvalue weighted by Gasteiger charge is -2.16. The third kappa shape index (κ3) is 4.43. The van der Waals surface area contributed by atoms with Crippen LogP contribution >= 0.6 is 0 Å². The average molecular weight is 366 g/mol. The fourth-order valence-electron chi connectivity index (χ4n) is 2.19. The number of hydrogen-bond acceptors (Lipinski definition) is 3. The molecule has 1 atom stereocenters. The van der Waals surface area contributed by atoms with E-state index in [1.807, 2.05) is 0 Å². The van der Waals surface area contributed by atoms with Gasteiger partial charge in [-0.2, -0.15) is 26.3 Å². The first kappa shape index (κ1) is 18.6. The molecule has 1 aromatic rings. The zero-order valence-electron chi connectivity index (χ0n) is 12.1. The van der Waals surface area contributed by atoms with Crippen LogP contribution in [0.25, 0.3) is 0 Å². The second-order valence-electron chi connectivity index (χ2n) is 5.17. The molecule has 1 aliphatic heterocycles. The summed E-state index contributed by atoms with van der Waals surface area (Å²) in [6.45, 7) is 0. The number of benzene rings is 1. The number of halogens is 6. The number of aliphatic imine (C=N–C) groups is 1. The molecule has 2 rings (SSSR count). The highest BCUT2D eigenvalue weighted by molar-refractivity contribution is 5.96. The Balaban J connectivity index is 2.43. The van der Waals surface area contributed by atoms with Gasteiger partial charge in [0, 0.05) is 6.08 Å². The van der Waals surface area contributed by atoms with E-state index < -0.39 is 57.9 Å². The largest absolute Gasteiger partial charge is 0.416 e. The molecule has 1 unspecified atom stereocenters. The van der Waals surface area contributed by atoms with Gasteiger partial charge < -0.3 is 0 Å². The van der Waals surface area contributed by atoms with Crippen molar-refractivity contribution in [1.29, 1.82) is 0 Å². The first-order chi connectivity index (χ1) is 11.4. The molecule has 0 radical (unpaired) electrons. The van der Waals surface area contributed by atoms with E-state index in [1.165, 1.54) is 0 Å². The van der Waals surface area contributed by atoms with Gasteiger partial charge in [-0.3, -0.25) is 14.9 Å². The van der Waals surface area contributed by atoms with Gasteiger partial charge in [0.1, 0.15) is 6.21 Å². The molecule has 0 aromatic heterocycles. The van der Waals surface area contributed by atoms with Crippen molar-refractivity contribution in [2.45, 2.75) is 18.8 Å². The summed E-state index contributed by atoms with van der Waals surface area (Å²) in [7, 11) is 0. The summed E-state index contributed by atoms with van der Waals surface area (Å²) >= 11 is 0. The van der Waals surface area contributed by atoms with Crippen molar-refractivity contribution >= 4 is 12.1 Å². The minimum atomic E-state index is -5.02. The summed E-state index contributed by atoms with van der Waals surface area (Å²) in [5, 5.41) is 10.7. The molecular weight excluding hydrogens is 358 g/mol. The zero-order chi connectivity index (χ0) is 19.0. The minimum absolute atomic E-state index is 0.0391. The number of carbonyl (C=O) groups is 1. The van der Waals surface area contributed by atoms with Gasteiger partial charge in [-0.05, 0) is 30.2 Å². The van der Waals surface area contributed by atoms with Crippen molar-refractivity contribution in [3.63, 3.8) is 0 Å². The molecule has 1 heterocycles. The molecule has 1 amide bonds. The molecule has 11 heteroatoms. The fraction of sp³-hybridized carbons (Fsp3) is 0.286. The monoisotopic (exact) mass is 366 g/mol. The van der Waals surface area contributed by atoms with E-state index in [9.17, 15) is 41.3 Å². The molecule has 1 aliphatic rings. The van der Waals surface area contributed by atoms with Crippen LogP contribution in [-0.2, 0) is 23.6 Å². The van der Waals surface area contributed by atoms with Crippen LogP contribution in [0.4, 0.5) is 26.3 Å². The van der Waals surface area contributed by atoms with Crippen molar-refractivity contribution in [1.82, 2.24) is 0 Å². The number of hydrogen-bond donors (Lipinski definition) is 0. The Kier molecular flexibility index (Phi) is 4.69. The third-order valence-electron chi connectivity index (χ3n) is 3.33. The van der Waals surface area contributed by atoms with Gasteiger partial charge in [-0.15, -0.1) is 0 Å². The first-order valence-corrected chi connectivity index (χ1v) is 6.60. The van der Waals surface area contributed by atoms with Gasteiger partial charge in [0.2, 0.25) is 0 Å². The van der Waals surface area contributed by atoms with Gasteiger partial charge in [-0.25, -0.2) is 4.99 Å². The van der Waals surface area contributed by atoms with Gasteiger partial charge in [0.25, 0.3) is 11.6 Å². The van der Waals surface area contributed by atoms with E-state index in [0.29, 0.717) is 18.3 Å². The van der Waals surface area contributed by atoms with Crippen LogP contribution in [0.5, 0.6) is 0 Å². The highest BCUT2D eigenvalue weighted by Crippen LogP contribution is 2.37. The van der Waals surface area contributed by atoms with Gasteiger partial charge in [0.15, 0.2) is 0 Å². The summed E-state index contributed by atoms with van der Waals surface area (Å²) in [6.07, 6.45) is -9.10. The predicted octanol–water partition coefficient (Wildman–Crippen LogP) is 3.65. The number of amides is 1. The Hall–Kier alpha value is -2.72. The zero-order valence-corrected chi connectivity index (χ0v) is 12.1. The Morgan fingerprint density at radius 3 is 2.00 bits per heavy atom. The van der Waals surface area contributed by atoms with E-state index >= 15 is 0 Å². The molecular formula is C14H8F6N2O3. The Morgan fingerprint density at radius 1 is 1.04 bits per heavy atom. The molecule has 0 saturated carbocycles. The van der Waals surface area contributed by atoms with Gasteiger partial charge in [0.05, 0.1) is 22.0 Å². The Morgan fingerprint density at radius 2 is 1.56 bits per heavy atom. The second-order valence-corrected chi connectivity index (χ2v) is 5.17. The SMILES string of the molecule is O=C1N=CC([N+](=O)[O-])=CC1Cc1cc(C(F)(F)F)cc(C(F)(F)F)c1. The maximum Gasteiger partial charge on any atom is 0.416 e. The molecule has 25 heavy (non-hydrogen) atoms. The van der Waals surface area contributed by atoms with Crippen molar-refractivity contribution in [2.75, 3.05) is 0 Å². The predicted molar refractivity (Wildman–Crippen MR) is 72.2 cm³/mol. The number of alkyl halides is 6. The van der Waals surface area contributed by atoms with E-state index in [4.69, 9.17) is 0 Å². The van der Waals surface area contributed by atoms with Crippen molar-refractivity contribution in [3.8, 4) is 0 Å². The average Bonchev–Trinajstić information content (AvgIpc) is 2.47. The number of nitrogens with zero attached hydrogens (tertiary/aromatic N) is 2. The quantitative estimate of drug-likeness (QED) is 0.466. The summed E-state index contributed by atoms with van der Waals surface area (Å²) in [4.78, 5) is 24.7. The van der Waals surface area contributed by atoms with Crippen molar-refractivity contribution in [2.24, 2.45) is 10.9 Å². The number of nitro groups is 1. The molecule has 134 valence electrons. The Bertz CT molecular complexity index is 748. The molecule has 0 aliphatic carbocycles. The van der Waals surface area contributed by atoms with Crippen LogP contribution in [0.15, 0.2) is 35.0 Å². The van der Waals surface area contributed by atoms with Crippen LogP contribution in [0.1, 0.15) is 16.7 Å². The number of rotatable bonds is 3. The lowest BCUT2D eigenvalue weighted by atomic mass is 9.93. The van der Waals surface area contributed by atoms with Crippen LogP contribution in [0, 0.1) is 16.0 Å². The van der Waals surface area contributed by atoms with E-state index in [2.05, 4.69) is 4.99 Å². The van der Waals surface area contributed by atoms with Crippen LogP contribution in [-0.4, -0.2) is 17.0 Å². The summed E-state index contributed by atoms with van der Waals surface area (Å²) in [6, 6.07) is 0.906. The maximum absolute atomic E-state index is 12.8. The minimum Gasteiger partial charge on any atom is -0.272 e. The van der Waals surface area contributed by atoms with Crippen LogP contribution in [0.3, 0.4) is 0 Å². The normalized spacial score (nSPS) is 18.2. The smallest absolute Gasteiger partial charge is 0.272 e. The number of carbonyl (C=O) groups excluding carboxylic acids is 1. The van der Waals surface area contributed by atoms with Crippen LogP contribution in [0.2, 0.25) is 0 Å². The molecule has 5 nitrogen and oxygen atoms in total. The Labute approximate surface area is 135 Å². The maximum atomic E-state index is 12.8. The summed E-state index contributed by atoms with van der Waals surface area (Å²) in [5.41, 5.74) is -4.05. The van der Waals surface area contributed by atoms with E-state index in [1.54, 1.807) is 0 Å². The van der Waals surface area contributed by atoms with Crippen molar-refractivity contribution in [3.05, 3.63) is 56.8 Å². The molecule has 1 aromatic carbocycles. The lowest BCUT2D eigenvalue weighted by molar-refractivity contribution is -0.414. The molecule has 0 N–H and O–H groups in total. The molecule has 0 fully saturated rings. The fourth-order valence-corrected chi connectivity index (χ4v) is 2.19. The number of dihydropyridines is 1. The van der Waals surface area contributed by atoms with Crippen LogP contribution < -0.4 is 0 Å². The molecule has 0 saturated heterocycles. The molecule has 0 bridgehead atoms. The van der Waals surface area contributed by atoms with Crippen molar-refractivity contribution < 1.29 is 36.1 Å². The van der Waals surface area contributed by atoms with E-state index in [0.717, 1.165) is 6.08 Å². The summed E-state index contributed by atoms with van der Waals surface area (Å²) in [5.74, 6) is -2.22. The highest BCUT2D eigenvalue weighted by Gasteiger charge is 2.37. The standard InChI is InChI=1S/C14H8F6N2O3/c15-13(16,17)9-2-7(3-10(5-9)14(18,19)20)1-8-4-11(22(24)25)6-21-12(8)23/h2-6,8H,1H2. The van der Waals surface area contributed by atoms with E-state index in [-0.39, 0.29) is 6.07 Å². The first-order valence-electron chi connectivity index (χ1n) is 6.60. The molecule has 0 spiro atoms. The van der Waals surface area contributed by atoms with Gasteiger partial charge >= 0.3 is 12.4 Å². The topological polar surface area (TPSA) is 72.6 Å².